The molecule has 2 rings (SSSR count). The van der Waals surface area contributed by atoms with Crippen molar-refractivity contribution in [1.82, 2.24) is 0 Å². The van der Waals surface area contributed by atoms with Crippen molar-refractivity contribution in [2.45, 2.75) is 13.3 Å². The van der Waals surface area contributed by atoms with Gasteiger partial charge in [0.2, 0.25) is 11.8 Å². The second kappa shape index (κ2) is 5.18. The van der Waals surface area contributed by atoms with Crippen LogP contribution < -0.4 is 10.2 Å². The maximum absolute atomic E-state index is 11.9. The van der Waals surface area contributed by atoms with Gasteiger partial charge in [-0.2, -0.15) is 0 Å². The predicted octanol–water partition coefficient (Wildman–Crippen LogP) is 0.990. The van der Waals surface area contributed by atoms with E-state index in [0.717, 1.165) is 0 Å². The van der Waals surface area contributed by atoms with Gasteiger partial charge >= 0.3 is 0 Å². The molecule has 1 heterocycles. The number of aliphatic hydroxyl groups is 1. The minimum Gasteiger partial charge on any atom is -0.396 e. The van der Waals surface area contributed by atoms with Crippen LogP contribution >= 0.6 is 0 Å². The zero-order chi connectivity index (χ0) is 13.1. The molecule has 0 spiro atoms. The van der Waals surface area contributed by atoms with Gasteiger partial charge < -0.3 is 15.3 Å². The van der Waals surface area contributed by atoms with Gasteiger partial charge in [-0.1, -0.05) is 12.1 Å². The Morgan fingerprint density at radius 3 is 2.83 bits per heavy atom. The summed E-state index contributed by atoms with van der Waals surface area (Å²) in [7, 11) is 0. The molecule has 18 heavy (non-hydrogen) atoms. The molecular formula is C13H16N2O3. The highest BCUT2D eigenvalue weighted by molar-refractivity contribution is 6.01. The van der Waals surface area contributed by atoms with Gasteiger partial charge in [-0.15, -0.1) is 0 Å². The third kappa shape index (κ3) is 2.51. The summed E-state index contributed by atoms with van der Waals surface area (Å²) in [6.45, 7) is 1.93. The lowest BCUT2D eigenvalue weighted by Gasteiger charge is -2.20. The van der Waals surface area contributed by atoms with Gasteiger partial charge in [-0.05, 0) is 12.1 Å². The molecule has 0 aliphatic carbocycles. The van der Waals surface area contributed by atoms with Gasteiger partial charge in [0.05, 0.1) is 11.4 Å². The van der Waals surface area contributed by atoms with Crippen molar-refractivity contribution in [3.05, 3.63) is 24.3 Å². The summed E-state index contributed by atoms with van der Waals surface area (Å²) in [5, 5.41) is 11.8. The van der Waals surface area contributed by atoms with Crippen molar-refractivity contribution in [1.29, 1.82) is 0 Å². The second-order valence-electron chi connectivity index (χ2n) is 4.46. The number of rotatable bonds is 3. The summed E-state index contributed by atoms with van der Waals surface area (Å²) in [6.07, 6.45) is 0.352. The molecule has 2 N–H and O–H groups in total. The van der Waals surface area contributed by atoms with Crippen LogP contribution in [0.15, 0.2) is 24.3 Å². The highest BCUT2D eigenvalue weighted by Crippen LogP contribution is 2.31. The van der Waals surface area contributed by atoms with E-state index in [9.17, 15) is 9.59 Å². The van der Waals surface area contributed by atoms with E-state index < -0.39 is 0 Å². The van der Waals surface area contributed by atoms with Crippen molar-refractivity contribution < 1.29 is 14.7 Å². The molecule has 1 aliphatic heterocycles. The monoisotopic (exact) mass is 248 g/mol. The molecule has 1 aliphatic rings. The summed E-state index contributed by atoms with van der Waals surface area (Å²) in [5.74, 6) is -0.220. The van der Waals surface area contributed by atoms with Crippen LogP contribution in [-0.2, 0) is 9.59 Å². The molecule has 1 aromatic carbocycles. The molecule has 0 aromatic heterocycles. The SMILES string of the molecule is CC(=O)Nc1ccccc1N1CC(CO)CC1=O. The highest BCUT2D eigenvalue weighted by Gasteiger charge is 2.31. The number of anilines is 2. The first-order valence-corrected chi connectivity index (χ1v) is 5.89. The number of para-hydroxylation sites is 2. The fourth-order valence-electron chi connectivity index (χ4n) is 2.14. The molecule has 1 atom stereocenters. The molecule has 1 aromatic rings. The lowest BCUT2D eigenvalue weighted by atomic mass is 10.1. The van der Waals surface area contributed by atoms with E-state index in [4.69, 9.17) is 5.11 Å². The van der Waals surface area contributed by atoms with Gasteiger partial charge in [0.1, 0.15) is 0 Å². The maximum Gasteiger partial charge on any atom is 0.227 e. The average Bonchev–Trinajstić information content (AvgIpc) is 2.70. The number of carbonyl (C=O) groups is 2. The van der Waals surface area contributed by atoms with E-state index in [1.807, 2.05) is 6.07 Å². The molecule has 0 bridgehead atoms. The number of nitrogens with one attached hydrogen (secondary N) is 1. The van der Waals surface area contributed by atoms with Crippen molar-refractivity contribution in [3.8, 4) is 0 Å². The third-order valence-corrected chi connectivity index (χ3v) is 2.97. The van der Waals surface area contributed by atoms with Crippen molar-refractivity contribution >= 4 is 23.2 Å². The van der Waals surface area contributed by atoms with Crippen LogP contribution in [0.3, 0.4) is 0 Å². The van der Waals surface area contributed by atoms with Crippen molar-refractivity contribution in [2.24, 2.45) is 5.92 Å². The number of nitrogens with zero attached hydrogens (tertiary/aromatic N) is 1. The van der Waals surface area contributed by atoms with Crippen LogP contribution in [0.1, 0.15) is 13.3 Å². The lowest BCUT2D eigenvalue weighted by Crippen LogP contribution is -2.26. The molecule has 1 saturated heterocycles. The Hall–Kier alpha value is -1.88. The molecule has 1 unspecified atom stereocenters. The Morgan fingerprint density at radius 2 is 2.22 bits per heavy atom. The highest BCUT2D eigenvalue weighted by atomic mass is 16.3. The Kier molecular flexibility index (Phi) is 3.62. The average molecular weight is 248 g/mol. The molecule has 0 radical (unpaired) electrons. The minimum absolute atomic E-state index is 0.00451. The first-order valence-electron chi connectivity index (χ1n) is 5.89. The first kappa shape index (κ1) is 12.6. The zero-order valence-corrected chi connectivity index (χ0v) is 10.2. The van der Waals surface area contributed by atoms with Gasteiger partial charge in [0, 0.05) is 32.4 Å². The topological polar surface area (TPSA) is 69.6 Å². The lowest BCUT2D eigenvalue weighted by molar-refractivity contribution is -0.117. The Balaban J connectivity index is 2.27. The number of amides is 2. The van der Waals surface area contributed by atoms with E-state index in [1.165, 1.54) is 6.92 Å². The van der Waals surface area contributed by atoms with Gasteiger partial charge in [0.25, 0.3) is 0 Å². The minimum atomic E-state index is -0.173. The summed E-state index contributed by atoms with van der Waals surface area (Å²) < 4.78 is 0. The molecular weight excluding hydrogens is 232 g/mol. The Labute approximate surface area is 105 Å². The number of benzene rings is 1. The van der Waals surface area contributed by atoms with Gasteiger partial charge in [-0.25, -0.2) is 0 Å². The van der Waals surface area contributed by atoms with E-state index >= 15 is 0 Å². The standard InChI is InChI=1S/C13H16N2O3/c1-9(17)14-11-4-2-3-5-12(11)15-7-10(8-16)6-13(15)18/h2-5,10,16H,6-8H2,1H3,(H,14,17). The summed E-state index contributed by atoms with van der Waals surface area (Å²) in [6, 6.07) is 7.18. The Bertz CT molecular complexity index is 473. The normalized spacial score (nSPS) is 19.1. The van der Waals surface area contributed by atoms with Crippen LogP contribution in [-0.4, -0.2) is 30.1 Å². The van der Waals surface area contributed by atoms with Gasteiger partial charge in [0.15, 0.2) is 0 Å². The fraction of sp³-hybridized carbons (Fsp3) is 0.385. The second-order valence-corrected chi connectivity index (χ2v) is 4.46. The van der Waals surface area contributed by atoms with E-state index in [1.54, 1.807) is 23.1 Å². The van der Waals surface area contributed by atoms with Crippen LogP contribution in [0.25, 0.3) is 0 Å². The van der Waals surface area contributed by atoms with Gasteiger partial charge in [-0.3, -0.25) is 9.59 Å². The Morgan fingerprint density at radius 1 is 1.50 bits per heavy atom. The molecule has 1 fully saturated rings. The molecule has 2 amide bonds. The summed E-state index contributed by atoms with van der Waals surface area (Å²) in [4.78, 5) is 24.6. The van der Waals surface area contributed by atoms with Crippen LogP contribution in [0.5, 0.6) is 0 Å². The first-order chi connectivity index (χ1) is 8.61. The smallest absolute Gasteiger partial charge is 0.227 e. The molecule has 0 saturated carbocycles. The van der Waals surface area contributed by atoms with E-state index in [2.05, 4.69) is 5.32 Å². The van der Waals surface area contributed by atoms with E-state index in [-0.39, 0.29) is 24.3 Å². The van der Waals surface area contributed by atoms with Crippen molar-refractivity contribution in [3.63, 3.8) is 0 Å². The van der Waals surface area contributed by atoms with Crippen LogP contribution in [0.4, 0.5) is 11.4 Å². The van der Waals surface area contributed by atoms with Crippen LogP contribution in [0.2, 0.25) is 0 Å². The molecule has 5 heteroatoms. The molecule has 5 nitrogen and oxygen atoms in total. The van der Waals surface area contributed by atoms with Crippen molar-refractivity contribution in [2.75, 3.05) is 23.4 Å². The van der Waals surface area contributed by atoms with E-state index in [0.29, 0.717) is 24.3 Å². The third-order valence-electron chi connectivity index (χ3n) is 2.97. The predicted molar refractivity (Wildman–Crippen MR) is 68.3 cm³/mol. The molecule has 96 valence electrons. The largest absolute Gasteiger partial charge is 0.396 e. The number of carbonyl (C=O) groups excluding carboxylic acids is 2. The maximum atomic E-state index is 11.9. The summed E-state index contributed by atoms with van der Waals surface area (Å²) >= 11 is 0. The number of hydrogen-bond acceptors (Lipinski definition) is 3. The van der Waals surface area contributed by atoms with Crippen LogP contribution in [0, 0.1) is 5.92 Å². The summed E-state index contributed by atoms with van der Waals surface area (Å²) in [5.41, 5.74) is 1.31. The quantitative estimate of drug-likeness (QED) is 0.838. The number of hydrogen-bond donors (Lipinski definition) is 2. The number of aliphatic hydroxyl groups excluding tert-OH is 1. The fourth-order valence-corrected chi connectivity index (χ4v) is 2.14. The zero-order valence-electron chi connectivity index (χ0n) is 10.2.